The van der Waals surface area contributed by atoms with Crippen LogP contribution in [0.3, 0.4) is 0 Å². The lowest BCUT2D eigenvalue weighted by molar-refractivity contribution is 0.252. The number of hydrogen-bond donors (Lipinski definition) is 1. The predicted octanol–water partition coefficient (Wildman–Crippen LogP) is 4.40. The fourth-order valence-corrected chi connectivity index (χ4v) is 3.32. The van der Waals surface area contributed by atoms with Crippen LogP contribution < -0.4 is 5.32 Å². The van der Waals surface area contributed by atoms with Crippen molar-refractivity contribution in [1.82, 2.24) is 9.55 Å². The average molecular weight is 263 g/mol. The third-order valence-electron chi connectivity index (χ3n) is 4.40. The van der Waals surface area contributed by atoms with Gasteiger partial charge in [-0.25, -0.2) is 4.98 Å². The van der Waals surface area contributed by atoms with Crippen LogP contribution in [-0.2, 0) is 0 Å². The van der Waals surface area contributed by atoms with Crippen molar-refractivity contribution in [2.45, 2.75) is 72.4 Å². The predicted molar refractivity (Wildman–Crippen MR) is 81.6 cm³/mol. The van der Waals surface area contributed by atoms with Gasteiger partial charge in [-0.15, -0.1) is 0 Å². The van der Waals surface area contributed by atoms with Crippen molar-refractivity contribution >= 4 is 5.95 Å². The van der Waals surface area contributed by atoms with E-state index in [0.29, 0.717) is 12.1 Å². The summed E-state index contributed by atoms with van der Waals surface area (Å²) in [5.74, 6) is 2.60. The molecule has 1 aromatic rings. The highest BCUT2D eigenvalue weighted by atomic mass is 15.2. The summed E-state index contributed by atoms with van der Waals surface area (Å²) in [6, 6.07) is 1.05. The third kappa shape index (κ3) is 3.31. The highest BCUT2D eigenvalue weighted by Crippen LogP contribution is 2.32. The molecule has 0 spiro atoms. The first-order valence-electron chi connectivity index (χ1n) is 7.81. The molecule has 1 aliphatic rings. The van der Waals surface area contributed by atoms with Gasteiger partial charge in [0.2, 0.25) is 5.95 Å². The molecule has 3 heteroatoms. The number of hydrogen-bond acceptors (Lipinski definition) is 2. The maximum Gasteiger partial charge on any atom is 0.203 e. The Morgan fingerprint density at radius 2 is 1.89 bits per heavy atom. The minimum atomic E-state index is 0.463. The van der Waals surface area contributed by atoms with E-state index in [1.165, 1.54) is 25.7 Å². The van der Waals surface area contributed by atoms with Gasteiger partial charge in [0.1, 0.15) is 0 Å². The summed E-state index contributed by atoms with van der Waals surface area (Å²) in [6.45, 7) is 11.2. The van der Waals surface area contributed by atoms with E-state index < -0.39 is 0 Å². The Bertz CT molecular complexity index is 406. The van der Waals surface area contributed by atoms with Crippen molar-refractivity contribution in [2.24, 2.45) is 11.8 Å². The molecular weight excluding hydrogens is 234 g/mol. The van der Waals surface area contributed by atoms with E-state index in [1.807, 2.05) is 0 Å². The zero-order valence-corrected chi connectivity index (χ0v) is 13.1. The van der Waals surface area contributed by atoms with Gasteiger partial charge in [-0.2, -0.15) is 0 Å². The second-order valence-corrected chi connectivity index (χ2v) is 6.65. The fraction of sp³-hybridized carbons (Fsp3) is 0.812. The van der Waals surface area contributed by atoms with Crippen molar-refractivity contribution in [2.75, 3.05) is 5.32 Å². The Labute approximate surface area is 117 Å². The second kappa shape index (κ2) is 5.98. The Morgan fingerprint density at radius 1 is 1.21 bits per heavy atom. The van der Waals surface area contributed by atoms with Crippen LogP contribution in [-0.4, -0.2) is 15.6 Å². The third-order valence-corrected chi connectivity index (χ3v) is 4.40. The standard InChI is InChI=1S/C16H29N3/c1-11(2)14-8-6-7-9-15(14)18-16-17-13(5)10-19(16)12(3)4/h10-12,14-15H,6-9H2,1-5H3,(H,17,18). The first-order chi connectivity index (χ1) is 8.99. The lowest BCUT2D eigenvalue weighted by atomic mass is 9.78. The molecule has 0 amide bonds. The number of aromatic nitrogens is 2. The topological polar surface area (TPSA) is 29.9 Å². The quantitative estimate of drug-likeness (QED) is 0.872. The van der Waals surface area contributed by atoms with Crippen molar-refractivity contribution < 1.29 is 0 Å². The lowest BCUT2D eigenvalue weighted by Gasteiger charge is -2.35. The molecule has 1 fully saturated rings. The highest BCUT2D eigenvalue weighted by molar-refractivity contribution is 5.31. The van der Waals surface area contributed by atoms with Gasteiger partial charge >= 0.3 is 0 Å². The summed E-state index contributed by atoms with van der Waals surface area (Å²) in [7, 11) is 0. The Hall–Kier alpha value is -0.990. The molecule has 2 rings (SSSR count). The Morgan fingerprint density at radius 3 is 2.53 bits per heavy atom. The van der Waals surface area contributed by atoms with Gasteiger partial charge in [-0.05, 0) is 45.4 Å². The first kappa shape index (κ1) is 14.4. The summed E-state index contributed by atoms with van der Waals surface area (Å²) >= 11 is 0. The SMILES string of the molecule is Cc1cn(C(C)C)c(NC2CCCCC2C(C)C)n1. The molecule has 3 nitrogen and oxygen atoms in total. The van der Waals surface area contributed by atoms with Gasteiger partial charge in [0.05, 0.1) is 5.69 Å². The van der Waals surface area contributed by atoms with E-state index in [1.54, 1.807) is 0 Å². The van der Waals surface area contributed by atoms with Crippen LogP contribution in [0, 0.1) is 18.8 Å². The smallest absolute Gasteiger partial charge is 0.203 e. The number of nitrogens with one attached hydrogen (secondary N) is 1. The van der Waals surface area contributed by atoms with E-state index in [-0.39, 0.29) is 0 Å². The molecule has 108 valence electrons. The molecule has 0 aliphatic heterocycles. The zero-order valence-electron chi connectivity index (χ0n) is 13.1. The van der Waals surface area contributed by atoms with E-state index in [9.17, 15) is 0 Å². The molecule has 19 heavy (non-hydrogen) atoms. The maximum atomic E-state index is 4.67. The number of rotatable bonds is 4. The number of aryl methyl sites for hydroxylation is 1. The first-order valence-corrected chi connectivity index (χ1v) is 7.81. The second-order valence-electron chi connectivity index (χ2n) is 6.65. The van der Waals surface area contributed by atoms with E-state index in [2.05, 4.69) is 55.7 Å². The van der Waals surface area contributed by atoms with Crippen molar-refractivity contribution in [3.63, 3.8) is 0 Å². The molecule has 1 N–H and O–H groups in total. The van der Waals surface area contributed by atoms with E-state index in [0.717, 1.165) is 23.5 Å². The van der Waals surface area contributed by atoms with Crippen LogP contribution in [0.2, 0.25) is 0 Å². The molecule has 0 radical (unpaired) electrons. The number of nitrogens with zero attached hydrogens (tertiary/aromatic N) is 2. The van der Waals surface area contributed by atoms with Gasteiger partial charge < -0.3 is 9.88 Å². The largest absolute Gasteiger partial charge is 0.353 e. The van der Waals surface area contributed by atoms with Gasteiger partial charge in [0.25, 0.3) is 0 Å². The molecule has 0 bridgehead atoms. The molecule has 1 aromatic heterocycles. The number of imidazole rings is 1. The Kier molecular flexibility index (Phi) is 4.54. The Balaban J connectivity index is 2.14. The van der Waals surface area contributed by atoms with Gasteiger partial charge in [-0.1, -0.05) is 26.7 Å². The maximum absolute atomic E-state index is 4.67. The summed E-state index contributed by atoms with van der Waals surface area (Å²) in [4.78, 5) is 4.67. The minimum absolute atomic E-state index is 0.463. The molecule has 1 heterocycles. The molecule has 0 aromatic carbocycles. The highest BCUT2D eigenvalue weighted by Gasteiger charge is 2.28. The fourth-order valence-electron chi connectivity index (χ4n) is 3.32. The van der Waals surface area contributed by atoms with E-state index in [4.69, 9.17) is 0 Å². The van der Waals surface area contributed by atoms with Crippen LogP contribution in [0.5, 0.6) is 0 Å². The average Bonchev–Trinajstić information content (AvgIpc) is 2.71. The molecule has 2 unspecified atom stereocenters. The summed E-state index contributed by atoms with van der Waals surface area (Å²) < 4.78 is 2.27. The summed E-state index contributed by atoms with van der Waals surface area (Å²) in [5, 5.41) is 3.73. The van der Waals surface area contributed by atoms with Crippen LogP contribution in [0.15, 0.2) is 6.20 Å². The van der Waals surface area contributed by atoms with Gasteiger partial charge in [0, 0.05) is 18.3 Å². The molecule has 0 saturated heterocycles. The van der Waals surface area contributed by atoms with Crippen LogP contribution >= 0.6 is 0 Å². The molecule has 1 aliphatic carbocycles. The van der Waals surface area contributed by atoms with Crippen LogP contribution in [0.1, 0.15) is 65.1 Å². The van der Waals surface area contributed by atoms with Crippen molar-refractivity contribution in [3.05, 3.63) is 11.9 Å². The van der Waals surface area contributed by atoms with Crippen LogP contribution in [0.25, 0.3) is 0 Å². The monoisotopic (exact) mass is 263 g/mol. The van der Waals surface area contributed by atoms with Gasteiger partial charge in [0.15, 0.2) is 0 Å². The summed E-state index contributed by atoms with van der Waals surface area (Å²) in [6.07, 6.45) is 7.53. The lowest BCUT2D eigenvalue weighted by Crippen LogP contribution is -2.36. The normalized spacial score (nSPS) is 24.2. The number of anilines is 1. The van der Waals surface area contributed by atoms with Crippen LogP contribution in [0.4, 0.5) is 5.95 Å². The van der Waals surface area contributed by atoms with Gasteiger partial charge in [-0.3, -0.25) is 0 Å². The van der Waals surface area contributed by atoms with E-state index >= 15 is 0 Å². The zero-order chi connectivity index (χ0) is 14.0. The molecule has 2 atom stereocenters. The molecule has 1 saturated carbocycles. The minimum Gasteiger partial charge on any atom is -0.353 e. The molecular formula is C16H29N3. The summed E-state index contributed by atoms with van der Waals surface area (Å²) in [5.41, 5.74) is 1.10. The van der Waals surface area contributed by atoms with Crippen molar-refractivity contribution in [3.8, 4) is 0 Å². The van der Waals surface area contributed by atoms with Crippen molar-refractivity contribution in [1.29, 1.82) is 0 Å².